The molecule has 2 heteroatoms. The van der Waals surface area contributed by atoms with Crippen LogP contribution in [0.2, 0.25) is 6.04 Å². The predicted octanol–water partition coefficient (Wildman–Crippen LogP) is 1.59. The zero-order valence-corrected chi connectivity index (χ0v) is 10.1. The van der Waals surface area contributed by atoms with Crippen molar-refractivity contribution in [1.82, 2.24) is 4.90 Å². The molecule has 1 heterocycles. The molecule has 70 valence electrons. The standard InChI is InChI=1S/C10H21NSi/c1-9(2)10(3)12-8-4-5-11-6-7-11/h4-8,12H2,1-3H3. The molecule has 0 atom stereocenters. The average molecular weight is 183 g/mol. The van der Waals surface area contributed by atoms with E-state index in [9.17, 15) is 0 Å². The molecule has 0 saturated carbocycles. The third kappa shape index (κ3) is 4.07. The highest BCUT2D eigenvalue weighted by Gasteiger charge is 2.15. The highest BCUT2D eigenvalue weighted by atomic mass is 28.2. The lowest BCUT2D eigenvalue weighted by molar-refractivity contribution is 0.551. The molecule has 0 radical (unpaired) electrons. The zero-order valence-electron chi connectivity index (χ0n) is 8.69. The maximum atomic E-state index is 2.52. The maximum Gasteiger partial charge on any atom is 0.0491 e. The molecule has 0 aromatic rings. The maximum absolute atomic E-state index is 2.52. The van der Waals surface area contributed by atoms with Gasteiger partial charge in [0, 0.05) is 22.6 Å². The van der Waals surface area contributed by atoms with Crippen LogP contribution in [0.3, 0.4) is 0 Å². The summed E-state index contributed by atoms with van der Waals surface area (Å²) in [5.74, 6) is 0. The van der Waals surface area contributed by atoms with Gasteiger partial charge in [0.05, 0.1) is 0 Å². The lowest BCUT2D eigenvalue weighted by atomic mass is 10.3. The number of rotatable bonds is 5. The normalized spacial score (nSPS) is 17.2. The summed E-state index contributed by atoms with van der Waals surface area (Å²) in [6.45, 7) is 10.9. The van der Waals surface area contributed by atoms with E-state index in [1.54, 1.807) is 10.8 Å². The second-order valence-electron chi connectivity index (χ2n) is 4.08. The summed E-state index contributed by atoms with van der Waals surface area (Å²) in [7, 11) is 0.126. The molecule has 1 aliphatic rings. The molecule has 1 aliphatic heterocycles. The highest BCUT2D eigenvalue weighted by Crippen LogP contribution is 2.08. The van der Waals surface area contributed by atoms with Gasteiger partial charge in [-0.2, -0.15) is 0 Å². The number of nitrogens with zero attached hydrogens (tertiary/aromatic N) is 1. The largest absolute Gasteiger partial charge is 0.301 e. The Balaban J connectivity index is 1.97. The van der Waals surface area contributed by atoms with E-state index >= 15 is 0 Å². The second kappa shape index (κ2) is 4.82. The van der Waals surface area contributed by atoms with E-state index in [1.807, 2.05) is 0 Å². The molecule has 0 aromatic carbocycles. The zero-order chi connectivity index (χ0) is 8.97. The second-order valence-corrected chi connectivity index (χ2v) is 6.35. The van der Waals surface area contributed by atoms with Crippen molar-refractivity contribution >= 4 is 9.52 Å². The van der Waals surface area contributed by atoms with Gasteiger partial charge < -0.3 is 4.90 Å². The Hall–Kier alpha value is -0.0831. The Bertz CT molecular complexity index is 167. The average Bonchev–Trinajstić information content (AvgIpc) is 2.80. The monoisotopic (exact) mass is 183 g/mol. The molecular formula is C10H21NSi. The fourth-order valence-electron chi connectivity index (χ4n) is 1.27. The minimum absolute atomic E-state index is 0.126. The molecule has 1 fully saturated rings. The quantitative estimate of drug-likeness (QED) is 0.355. The van der Waals surface area contributed by atoms with Crippen LogP contribution in [0, 0.1) is 0 Å². The first kappa shape index (κ1) is 10.0. The van der Waals surface area contributed by atoms with Gasteiger partial charge in [0.15, 0.2) is 0 Å². The Kier molecular flexibility index (Phi) is 4.02. The van der Waals surface area contributed by atoms with Crippen LogP contribution >= 0.6 is 0 Å². The van der Waals surface area contributed by atoms with Crippen LogP contribution in [0.4, 0.5) is 0 Å². The molecule has 1 saturated heterocycles. The van der Waals surface area contributed by atoms with Crippen LogP contribution in [0.1, 0.15) is 27.2 Å². The smallest absolute Gasteiger partial charge is 0.0491 e. The van der Waals surface area contributed by atoms with Gasteiger partial charge >= 0.3 is 0 Å². The fourth-order valence-corrected chi connectivity index (χ4v) is 2.77. The molecule has 0 amide bonds. The lowest BCUT2D eigenvalue weighted by Gasteiger charge is -2.03. The van der Waals surface area contributed by atoms with Crippen LogP contribution in [0.5, 0.6) is 0 Å². The van der Waals surface area contributed by atoms with Crippen LogP contribution in [0.15, 0.2) is 10.8 Å². The number of allylic oxidation sites excluding steroid dienone is 2. The molecule has 0 unspecified atom stereocenters. The summed E-state index contributed by atoms with van der Waals surface area (Å²) in [5, 5.41) is 1.72. The third-order valence-electron chi connectivity index (χ3n) is 2.67. The first-order valence-electron chi connectivity index (χ1n) is 5.05. The summed E-state index contributed by atoms with van der Waals surface area (Å²) in [6.07, 6.45) is 1.44. The minimum Gasteiger partial charge on any atom is -0.301 e. The van der Waals surface area contributed by atoms with E-state index in [4.69, 9.17) is 0 Å². The summed E-state index contributed by atoms with van der Waals surface area (Å²) < 4.78 is 0. The van der Waals surface area contributed by atoms with Gasteiger partial charge in [0.2, 0.25) is 0 Å². The Morgan fingerprint density at radius 1 is 1.25 bits per heavy atom. The van der Waals surface area contributed by atoms with Crippen molar-refractivity contribution in [2.75, 3.05) is 19.6 Å². The van der Waals surface area contributed by atoms with Crippen molar-refractivity contribution < 1.29 is 0 Å². The van der Waals surface area contributed by atoms with Gasteiger partial charge in [-0.05, 0) is 33.7 Å². The minimum atomic E-state index is 0.126. The first-order chi connectivity index (χ1) is 5.70. The van der Waals surface area contributed by atoms with Gasteiger partial charge in [-0.15, -0.1) is 0 Å². The summed E-state index contributed by atoms with van der Waals surface area (Å²) >= 11 is 0. The predicted molar refractivity (Wildman–Crippen MR) is 58.5 cm³/mol. The van der Waals surface area contributed by atoms with Crippen molar-refractivity contribution in [1.29, 1.82) is 0 Å². The first-order valence-corrected chi connectivity index (χ1v) is 6.76. The highest BCUT2D eigenvalue weighted by molar-refractivity contribution is 6.45. The molecular weight excluding hydrogens is 162 g/mol. The van der Waals surface area contributed by atoms with Gasteiger partial charge in [-0.3, -0.25) is 0 Å². The molecule has 0 aromatic heterocycles. The lowest BCUT2D eigenvalue weighted by Crippen LogP contribution is -2.02. The third-order valence-corrected chi connectivity index (χ3v) is 4.98. The van der Waals surface area contributed by atoms with E-state index in [0.29, 0.717) is 0 Å². The Labute approximate surface area is 78.7 Å². The van der Waals surface area contributed by atoms with Crippen LogP contribution in [-0.2, 0) is 0 Å². The van der Waals surface area contributed by atoms with Crippen molar-refractivity contribution in [2.24, 2.45) is 0 Å². The van der Waals surface area contributed by atoms with Crippen LogP contribution in [0.25, 0.3) is 0 Å². The Morgan fingerprint density at radius 3 is 2.42 bits per heavy atom. The van der Waals surface area contributed by atoms with Crippen molar-refractivity contribution in [3.8, 4) is 0 Å². The van der Waals surface area contributed by atoms with E-state index < -0.39 is 0 Å². The van der Waals surface area contributed by atoms with E-state index in [2.05, 4.69) is 25.7 Å². The summed E-state index contributed by atoms with van der Waals surface area (Å²) in [5.41, 5.74) is 1.56. The molecule has 1 rings (SSSR count). The van der Waals surface area contributed by atoms with Crippen molar-refractivity contribution in [3.63, 3.8) is 0 Å². The van der Waals surface area contributed by atoms with Gasteiger partial charge in [0.25, 0.3) is 0 Å². The van der Waals surface area contributed by atoms with Crippen molar-refractivity contribution in [3.05, 3.63) is 10.8 Å². The SMILES string of the molecule is CC(C)=C(C)[SiH2]CCCN1CC1. The van der Waals surface area contributed by atoms with Gasteiger partial charge in [-0.25, -0.2) is 0 Å². The Morgan fingerprint density at radius 2 is 1.92 bits per heavy atom. The van der Waals surface area contributed by atoms with Gasteiger partial charge in [-0.1, -0.05) is 16.8 Å². The summed E-state index contributed by atoms with van der Waals surface area (Å²) in [4.78, 5) is 2.52. The van der Waals surface area contributed by atoms with Crippen molar-refractivity contribution in [2.45, 2.75) is 33.2 Å². The van der Waals surface area contributed by atoms with Gasteiger partial charge in [0.1, 0.15) is 0 Å². The van der Waals surface area contributed by atoms with E-state index in [-0.39, 0.29) is 9.52 Å². The number of hydrogen-bond donors (Lipinski definition) is 0. The van der Waals surface area contributed by atoms with Crippen LogP contribution < -0.4 is 0 Å². The van der Waals surface area contributed by atoms with E-state index in [1.165, 1.54) is 32.1 Å². The molecule has 0 aliphatic carbocycles. The molecule has 0 N–H and O–H groups in total. The number of hydrogen-bond acceptors (Lipinski definition) is 1. The summed E-state index contributed by atoms with van der Waals surface area (Å²) in [6, 6.07) is 1.51. The fraction of sp³-hybridized carbons (Fsp3) is 0.800. The molecule has 0 bridgehead atoms. The molecule has 12 heavy (non-hydrogen) atoms. The topological polar surface area (TPSA) is 3.01 Å². The van der Waals surface area contributed by atoms with Crippen LogP contribution in [-0.4, -0.2) is 34.1 Å². The molecule has 0 spiro atoms. The van der Waals surface area contributed by atoms with E-state index in [0.717, 1.165) is 0 Å². The molecule has 1 nitrogen and oxygen atoms in total.